The number of hydrogen-bond donors (Lipinski definition) is 1. The number of carbonyl (C=O) groups excluding carboxylic acids is 2. The van der Waals surface area contributed by atoms with Crippen LogP contribution in [0.4, 0.5) is 0 Å². The van der Waals surface area contributed by atoms with Crippen molar-refractivity contribution in [1.82, 2.24) is 14.8 Å². The average Bonchev–Trinajstić information content (AvgIpc) is 3.24. The van der Waals surface area contributed by atoms with Gasteiger partial charge in [0, 0.05) is 43.2 Å². The first kappa shape index (κ1) is 27.1. The van der Waals surface area contributed by atoms with E-state index in [1.54, 1.807) is 17.0 Å². The van der Waals surface area contributed by atoms with Crippen LogP contribution in [0.25, 0.3) is 10.9 Å². The van der Waals surface area contributed by atoms with Crippen molar-refractivity contribution in [3.63, 3.8) is 0 Å². The van der Waals surface area contributed by atoms with Crippen LogP contribution >= 0.6 is 23.2 Å². The molecule has 0 fully saturated rings. The SMILES string of the molecule is CCCCC(=O)N(CC(=O)N(CCc1c[nH]c2ccccc12)Cc1ccc(Cl)c(Cl)c1)CC(C)C. The van der Waals surface area contributed by atoms with Gasteiger partial charge in [0.15, 0.2) is 0 Å². The van der Waals surface area contributed by atoms with Crippen molar-refractivity contribution in [3.8, 4) is 0 Å². The van der Waals surface area contributed by atoms with Gasteiger partial charge in [-0.25, -0.2) is 0 Å². The highest BCUT2D eigenvalue weighted by atomic mass is 35.5. The summed E-state index contributed by atoms with van der Waals surface area (Å²) in [7, 11) is 0. The summed E-state index contributed by atoms with van der Waals surface area (Å²) in [4.78, 5) is 33.2. The van der Waals surface area contributed by atoms with Gasteiger partial charge in [0.2, 0.25) is 11.8 Å². The lowest BCUT2D eigenvalue weighted by atomic mass is 10.1. The smallest absolute Gasteiger partial charge is 0.242 e. The van der Waals surface area contributed by atoms with Gasteiger partial charge in [0.05, 0.1) is 16.6 Å². The maximum absolute atomic E-state index is 13.6. The number of aromatic amines is 1. The number of nitrogens with zero attached hydrogens (tertiary/aromatic N) is 2. The van der Waals surface area contributed by atoms with E-state index in [9.17, 15) is 9.59 Å². The molecule has 3 rings (SSSR count). The van der Waals surface area contributed by atoms with Gasteiger partial charge in [-0.1, -0.05) is 74.7 Å². The molecule has 0 aliphatic heterocycles. The molecule has 0 atom stereocenters. The Hall–Kier alpha value is -2.50. The Morgan fingerprint density at radius 3 is 2.49 bits per heavy atom. The molecule has 5 nitrogen and oxygen atoms in total. The van der Waals surface area contributed by atoms with Crippen LogP contribution in [-0.2, 0) is 22.6 Å². The van der Waals surface area contributed by atoms with E-state index in [-0.39, 0.29) is 24.3 Å². The molecule has 0 spiro atoms. The highest BCUT2D eigenvalue weighted by molar-refractivity contribution is 6.42. The monoisotopic (exact) mass is 515 g/mol. The number of nitrogens with one attached hydrogen (secondary N) is 1. The van der Waals surface area contributed by atoms with E-state index in [1.807, 2.05) is 35.4 Å². The molecular formula is C28H35Cl2N3O2. The molecule has 1 N–H and O–H groups in total. The molecule has 7 heteroatoms. The number of halogens is 2. The van der Waals surface area contributed by atoms with E-state index >= 15 is 0 Å². The van der Waals surface area contributed by atoms with Gasteiger partial charge < -0.3 is 14.8 Å². The highest BCUT2D eigenvalue weighted by Crippen LogP contribution is 2.24. The van der Waals surface area contributed by atoms with Gasteiger partial charge in [-0.05, 0) is 48.1 Å². The number of rotatable bonds is 12. The summed E-state index contributed by atoms with van der Waals surface area (Å²) in [5, 5.41) is 2.10. The fourth-order valence-electron chi connectivity index (χ4n) is 4.19. The van der Waals surface area contributed by atoms with Crippen molar-refractivity contribution in [2.45, 2.75) is 53.0 Å². The summed E-state index contributed by atoms with van der Waals surface area (Å²) in [6.45, 7) is 7.77. The van der Waals surface area contributed by atoms with Crippen LogP contribution in [0.5, 0.6) is 0 Å². The molecule has 0 saturated heterocycles. The fraction of sp³-hybridized carbons (Fsp3) is 0.429. The Morgan fingerprint density at radius 2 is 1.77 bits per heavy atom. The third-order valence-corrected chi connectivity index (χ3v) is 6.78. The number of H-pyrrole nitrogens is 1. The summed E-state index contributed by atoms with van der Waals surface area (Å²) in [5.41, 5.74) is 3.14. The summed E-state index contributed by atoms with van der Waals surface area (Å²) >= 11 is 12.3. The summed E-state index contributed by atoms with van der Waals surface area (Å²) in [5.74, 6) is 0.254. The zero-order valence-electron chi connectivity index (χ0n) is 20.8. The van der Waals surface area contributed by atoms with Crippen molar-refractivity contribution in [1.29, 1.82) is 0 Å². The maximum atomic E-state index is 13.6. The second-order valence-electron chi connectivity index (χ2n) is 9.44. The van der Waals surface area contributed by atoms with Gasteiger partial charge in [-0.3, -0.25) is 9.59 Å². The summed E-state index contributed by atoms with van der Waals surface area (Å²) in [6.07, 6.45) is 4.95. The molecule has 1 aromatic heterocycles. The van der Waals surface area contributed by atoms with Crippen molar-refractivity contribution in [2.75, 3.05) is 19.6 Å². The van der Waals surface area contributed by atoms with Crippen molar-refractivity contribution in [2.24, 2.45) is 5.92 Å². The predicted octanol–water partition coefficient (Wildman–Crippen LogP) is 6.72. The van der Waals surface area contributed by atoms with E-state index in [0.29, 0.717) is 42.5 Å². The number of aromatic nitrogens is 1. The third-order valence-electron chi connectivity index (χ3n) is 6.04. The lowest BCUT2D eigenvalue weighted by Gasteiger charge is -2.29. The first-order chi connectivity index (χ1) is 16.8. The largest absolute Gasteiger partial charge is 0.361 e. The van der Waals surface area contributed by atoms with Gasteiger partial charge in [0.1, 0.15) is 0 Å². The van der Waals surface area contributed by atoms with Crippen LogP contribution in [0.2, 0.25) is 10.0 Å². The van der Waals surface area contributed by atoms with E-state index < -0.39 is 0 Å². The number of benzene rings is 2. The minimum atomic E-state index is -0.0681. The van der Waals surface area contributed by atoms with Crippen LogP contribution in [0.15, 0.2) is 48.7 Å². The molecule has 0 bridgehead atoms. The zero-order chi connectivity index (χ0) is 25.4. The normalized spacial score (nSPS) is 11.3. The van der Waals surface area contributed by atoms with Crippen molar-refractivity contribution < 1.29 is 9.59 Å². The molecule has 35 heavy (non-hydrogen) atoms. The summed E-state index contributed by atoms with van der Waals surface area (Å²) in [6, 6.07) is 13.6. The third kappa shape index (κ3) is 7.74. The van der Waals surface area contributed by atoms with Crippen LogP contribution in [-0.4, -0.2) is 46.2 Å². The Bertz CT molecular complexity index is 1140. The number of fused-ring (bicyclic) bond motifs is 1. The molecular weight excluding hydrogens is 481 g/mol. The maximum Gasteiger partial charge on any atom is 0.242 e. The van der Waals surface area contributed by atoms with Crippen LogP contribution in [0.1, 0.15) is 51.2 Å². The summed E-state index contributed by atoms with van der Waals surface area (Å²) < 4.78 is 0. The van der Waals surface area contributed by atoms with Gasteiger partial charge in [0.25, 0.3) is 0 Å². The zero-order valence-corrected chi connectivity index (χ0v) is 22.3. The molecule has 2 aromatic carbocycles. The first-order valence-corrected chi connectivity index (χ1v) is 13.1. The molecule has 188 valence electrons. The molecule has 0 radical (unpaired) electrons. The van der Waals surface area contributed by atoms with Crippen molar-refractivity contribution >= 4 is 45.9 Å². The molecule has 0 unspecified atom stereocenters. The highest BCUT2D eigenvalue weighted by Gasteiger charge is 2.22. The number of unbranched alkanes of at least 4 members (excludes halogenated alkanes) is 1. The van der Waals surface area contributed by atoms with Crippen molar-refractivity contribution in [3.05, 3.63) is 69.8 Å². The van der Waals surface area contributed by atoms with Crippen LogP contribution in [0, 0.1) is 5.92 Å². The molecule has 3 aromatic rings. The van der Waals surface area contributed by atoms with E-state index in [4.69, 9.17) is 23.2 Å². The molecule has 0 aliphatic rings. The van der Waals surface area contributed by atoms with E-state index in [0.717, 1.165) is 34.9 Å². The van der Waals surface area contributed by atoms with Crippen LogP contribution in [0.3, 0.4) is 0 Å². The Labute approximate surface area is 218 Å². The molecule has 2 amide bonds. The van der Waals surface area contributed by atoms with Crippen LogP contribution < -0.4 is 0 Å². The molecule has 0 saturated carbocycles. The number of para-hydroxylation sites is 1. The van der Waals surface area contributed by atoms with E-state index in [2.05, 4.69) is 31.8 Å². The second-order valence-corrected chi connectivity index (χ2v) is 10.3. The van der Waals surface area contributed by atoms with Gasteiger partial charge in [-0.2, -0.15) is 0 Å². The standard InChI is InChI=1S/C28H35Cl2N3O2/c1-4-5-10-27(34)33(17-20(2)3)19-28(35)32(18-21-11-12-24(29)25(30)15-21)14-13-22-16-31-26-9-7-6-8-23(22)26/h6-9,11-12,15-16,20,31H,4-5,10,13-14,17-19H2,1-3H3. The lowest BCUT2D eigenvalue weighted by Crippen LogP contribution is -2.44. The Morgan fingerprint density at radius 1 is 1.00 bits per heavy atom. The minimum absolute atomic E-state index is 0.0417. The Balaban J connectivity index is 1.79. The Kier molecular flexibility index (Phi) is 10.1. The quantitative estimate of drug-likeness (QED) is 0.291. The molecule has 0 aliphatic carbocycles. The predicted molar refractivity (Wildman–Crippen MR) is 145 cm³/mol. The average molecular weight is 517 g/mol. The number of carbonyl (C=O) groups is 2. The van der Waals surface area contributed by atoms with E-state index in [1.165, 1.54) is 0 Å². The topological polar surface area (TPSA) is 56.4 Å². The number of amides is 2. The van der Waals surface area contributed by atoms with Gasteiger partial charge in [-0.15, -0.1) is 0 Å². The minimum Gasteiger partial charge on any atom is -0.361 e. The number of hydrogen-bond acceptors (Lipinski definition) is 2. The second kappa shape index (κ2) is 13.0. The lowest BCUT2D eigenvalue weighted by molar-refractivity contribution is -0.141. The molecule has 1 heterocycles. The first-order valence-electron chi connectivity index (χ1n) is 12.3. The fourth-order valence-corrected chi connectivity index (χ4v) is 4.51. The van der Waals surface area contributed by atoms with Gasteiger partial charge >= 0.3 is 0 Å².